The topological polar surface area (TPSA) is 50.4 Å². The number of hydrogen-bond acceptors (Lipinski definition) is 4. The van der Waals surface area contributed by atoms with E-state index < -0.39 is 0 Å². The van der Waals surface area contributed by atoms with Crippen molar-refractivity contribution < 1.29 is 9.53 Å². The van der Waals surface area contributed by atoms with Crippen LogP contribution in [-0.2, 0) is 9.53 Å². The zero-order chi connectivity index (χ0) is 12.5. The molecule has 0 saturated heterocycles. The quantitative estimate of drug-likeness (QED) is 0.640. The van der Waals surface area contributed by atoms with Gasteiger partial charge in [-0.2, -0.15) is 11.8 Å². The minimum Gasteiger partial charge on any atom is -0.383 e. The molecule has 1 fully saturated rings. The van der Waals surface area contributed by atoms with Crippen LogP contribution in [0, 0.1) is 0 Å². The normalized spacial score (nSPS) is 23.9. The number of methoxy groups -OCH3 is 1. The van der Waals surface area contributed by atoms with E-state index >= 15 is 0 Å². The van der Waals surface area contributed by atoms with Crippen LogP contribution in [0.5, 0.6) is 0 Å². The summed E-state index contributed by atoms with van der Waals surface area (Å²) in [4.78, 5) is 11.4. The Morgan fingerprint density at radius 2 is 2.29 bits per heavy atom. The van der Waals surface area contributed by atoms with Crippen LogP contribution in [0.25, 0.3) is 0 Å². The number of rotatable bonds is 8. The molecule has 1 aliphatic carbocycles. The van der Waals surface area contributed by atoms with Crippen LogP contribution in [0.1, 0.15) is 26.2 Å². The lowest BCUT2D eigenvalue weighted by atomic mass is 10.2. The van der Waals surface area contributed by atoms with Gasteiger partial charge in [-0.3, -0.25) is 4.79 Å². The lowest BCUT2D eigenvalue weighted by Crippen LogP contribution is -2.39. The van der Waals surface area contributed by atoms with E-state index in [1.165, 1.54) is 25.0 Å². The van der Waals surface area contributed by atoms with Crippen molar-refractivity contribution in [2.75, 3.05) is 32.6 Å². The number of amides is 1. The molecule has 0 spiro atoms. The molecule has 1 saturated carbocycles. The highest BCUT2D eigenvalue weighted by atomic mass is 32.2. The van der Waals surface area contributed by atoms with Crippen LogP contribution in [0.2, 0.25) is 0 Å². The third-order valence-corrected chi connectivity index (χ3v) is 4.20. The van der Waals surface area contributed by atoms with Gasteiger partial charge in [0.05, 0.1) is 13.2 Å². The van der Waals surface area contributed by atoms with E-state index in [2.05, 4.69) is 17.6 Å². The van der Waals surface area contributed by atoms with Gasteiger partial charge in [0.15, 0.2) is 0 Å². The monoisotopic (exact) mass is 260 g/mol. The molecule has 2 unspecified atom stereocenters. The molecule has 0 bridgehead atoms. The van der Waals surface area contributed by atoms with Gasteiger partial charge < -0.3 is 15.4 Å². The first-order valence-electron chi connectivity index (χ1n) is 6.36. The van der Waals surface area contributed by atoms with Gasteiger partial charge in [0.25, 0.3) is 0 Å². The average molecular weight is 260 g/mol. The summed E-state index contributed by atoms with van der Waals surface area (Å²) in [6.07, 6.45) is 3.67. The Balaban J connectivity index is 2.04. The van der Waals surface area contributed by atoms with Gasteiger partial charge in [-0.15, -0.1) is 0 Å². The Hall–Kier alpha value is -0.260. The molecule has 100 valence electrons. The van der Waals surface area contributed by atoms with Crippen molar-refractivity contribution >= 4 is 17.7 Å². The highest BCUT2D eigenvalue weighted by Crippen LogP contribution is 2.29. The smallest absolute Gasteiger partial charge is 0.234 e. The van der Waals surface area contributed by atoms with Crippen molar-refractivity contribution in [3.8, 4) is 0 Å². The van der Waals surface area contributed by atoms with Crippen molar-refractivity contribution in [3.63, 3.8) is 0 Å². The SMILES string of the molecule is CCSC1CCC(NCC(=O)NCCOC)C1. The predicted molar refractivity (Wildman–Crippen MR) is 72.4 cm³/mol. The number of carbonyl (C=O) groups is 1. The van der Waals surface area contributed by atoms with Crippen molar-refractivity contribution in [1.29, 1.82) is 0 Å². The molecule has 0 aromatic carbocycles. The van der Waals surface area contributed by atoms with Crippen molar-refractivity contribution in [2.24, 2.45) is 0 Å². The Morgan fingerprint density at radius 1 is 1.47 bits per heavy atom. The van der Waals surface area contributed by atoms with Gasteiger partial charge in [0, 0.05) is 24.9 Å². The van der Waals surface area contributed by atoms with Gasteiger partial charge in [-0.25, -0.2) is 0 Å². The number of carbonyl (C=O) groups excluding carboxylic acids is 1. The highest BCUT2D eigenvalue weighted by Gasteiger charge is 2.24. The minimum absolute atomic E-state index is 0.0636. The third kappa shape index (κ3) is 6.29. The number of thioether (sulfide) groups is 1. The molecule has 0 aliphatic heterocycles. The molecule has 0 heterocycles. The molecule has 5 heteroatoms. The van der Waals surface area contributed by atoms with E-state index in [1.807, 2.05) is 11.8 Å². The van der Waals surface area contributed by atoms with Gasteiger partial charge >= 0.3 is 0 Å². The maximum atomic E-state index is 11.4. The van der Waals surface area contributed by atoms with Crippen LogP contribution < -0.4 is 10.6 Å². The Labute approximate surface area is 108 Å². The average Bonchev–Trinajstić information content (AvgIpc) is 2.75. The Morgan fingerprint density at radius 3 is 3.00 bits per heavy atom. The van der Waals surface area contributed by atoms with Crippen LogP contribution in [0.3, 0.4) is 0 Å². The number of nitrogens with one attached hydrogen (secondary N) is 2. The number of ether oxygens (including phenoxy) is 1. The molecule has 1 aliphatic rings. The number of hydrogen-bond donors (Lipinski definition) is 2. The Bertz CT molecular complexity index is 227. The summed E-state index contributed by atoms with van der Waals surface area (Å²) in [6, 6.07) is 0.521. The fourth-order valence-corrected chi connectivity index (χ4v) is 3.25. The zero-order valence-electron chi connectivity index (χ0n) is 10.8. The molecule has 2 N–H and O–H groups in total. The van der Waals surface area contributed by atoms with Crippen LogP contribution in [0.15, 0.2) is 0 Å². The molecule has 4 nitrogen and oxygen atoms in total. The van der Waals surface area contributed by atoms with E-state index in [4.69, 9.17) is 4.74 Å². The second kappa shape index (κ2) is 8.78. The minimum atomic E-state index is 0.0636. The maximum absolute atomic E-state index is 11.4. The van der Waals surface area contributed by atoms with E-state index in [1.54, 1.807) is 7.11 Å². The standard InChI is InChI=1S/C12H24N2O2S/c1-3-17-11-5-4-10(8-11)14-9-12(15)13-6-7-16-2/h10-11,14H,3-9H2,1-2H3,(H,13,15). The van der Waals surface area contributed by atoms with Crippen molar-refractivity contribution in [1.82, 2.24) is 10.6 Å². The highest BCUT2D eigenvalue weighted by molar-refractivity contribution is 7.99. The predicted octanol–water partition coefficient (Wildman–Crippen LogP) is 1.01. The van der Waals surface area contributed by atoms with Gasteiger partial charge in [0.1, 0.15) is 0 Å². The lowest BCUT2D eigenvalue weighted by molar-refractivity contribution is -0.120. The first-order valence-corrected chi connectivity index (χ1v) is 7.41. The van der Waals surface area contributed by atoms with Crippen LogP contribution in [0.4, 0.5) is 0 Å². The summed E-state index contributed by atoms with van der Waals surface area (Å²) >= 11 is 2.04. The van der Waals surface area contributed by atoms with E-state index in [0.29, 0.717) is 25.7 Å². The summed E-state index contributed by atoms with van der Waals surface area (Å²) in [6.45, 7) is 3.80. The largest absolute Gasteiger partial charge is 0.383 e. The summed E-state index contributed by atoms with van der Waals surface area (Å²) in [7, 11) is 1.63. The molecule has 0 radical (unpaired) electrons. The third-order valence-electron chi connectivity index (χ3n) is 2.97. The van der Waals surface area contributed by atoms with E-state index in [-0.39, 0.29) is 5.91 Å². The van der Waals surface area contributed by atoms with Crippen molar-refractivity contribution in [2.45, 2.75) is 37.5 Å². The summed E-state index contributed by atoms with van der Waals surface area (Å²) < 4.78 is 4.87. The first kappa shape index (κ1) is 14.8. The van der Waals surface area contributed by atoms with Gasteiger partial charge in [-0.05, 0) is 25.0 Å². The zero-order valence-corrected chi connectivity index (χ0v) is 11.6. The summed E-state index contributed by atoms with van der Waals surface area (Å²) in [5, 5.41) is 6.93. The van der Waals surface area contributed by atoms with E-state index in [9.17, 15) is 4.79 Å². The molecule has 1 rings (SSSR count). The molecule has 1 amide bonds. The molecule has 17 heavy (non-hydrogen) atoms. The first-order chi connectivity index (χ1) is 8.26. The second-order valence-electron chi connectivity index (χ2n) is 4.31. The summed E-state index contributed by atoms with van der Waals surface area (Å²) in [5.41, 5.74) is 0. The Kier molecular flexibility index (Phi) is 7.64. The molecule has 0 aromatic heterocycles. The summed E-state index contributed by atoms with van der Waals surface area (Å²) in [5.74, 6) is 1.25. The fraction of sp³-hybridized carbons (Fsp3) is 0.917. The fourth-order valence-electron chi connectivity index (χ4n) is 2.10. The molecular formula is C12H24N2O2S. The van der Waals surface area contributed by atoms with E-state index in [0.717, 1.165) is 5.25 Å². The van der Waals surface area contributed by atoms with Gasteiger partial charge in [-0.1, -0.05) is 6.92 Å². The van der Waals surface area contributed by atoms with Crippen LogP contribution in [-0.4, -0.2) is 49.8 Å². The van der Waals surface area contributed by atoms with Gasteiger partial charge in [0.2, 0.25) is 5.91 Å². The van der Waals surface area contributed by atoms with Crippen LogP contribution >= 0.6 is 11.8 Å². The lowest BCUT2D eigenvalue weighted by Gasteiger charge is -2.12. The van der Waals surface area contributed by atoms with Crippen molar-refractivity contribution in [3.05, 3.63) is 0 Å². The molecule has 2 atom stereocenters. The molecular weight excluding hydrogens is 236 g/mol. The maximum Gasteiger partial charge on any atom is 0.234 e. The molecule has 0 aromatic rings. The second-order valence-corrected chi connectivity index (χ2v) is 5.89.